The van der Waals surface area contributed by atoms with E-state index >= 15 is 0 Å². The van der Waals surface area contributed by atoms with Crippen LogP contribution in [0.2, 0.25) is 0 Å². The second-order valence-electron chi connectivity index (χ2n) is 4.62. The summed E-state index contributed by atoms with van der Waals surface area (Å²) < 4.78 is 36.6. The number of sulfonamides is 1. The van der Waals surface area contributed by atoms with Crippen molar-refractivity contribution in [2.24, 2.45) is 0 Å². The molecular weight excluding hydrogens is 270 g/mol. The summed E-state index contributed by atoms with van der Waals surface area (Å²) in [4.78, 5) is 11.4. The van der Waals surface area contributed by atoms with Gasteiger partial charge >= 0.3 is 5.97 Å². The summed E-state index contributed by atoms with van der Waals surface area (Å²) in [6.45, 7) is 1.51. The van der Waals surface area contributed by atoms with Gasteiger partial charge in [-0.15, -0.1) is 11.6 Å². The van der Waals surface area contributed by atoms with Crippen LogP contribution in [0.1, 0.15) is 13.3 Å². The number of rotatable bonds is 2. The Morgan fingerprint density at radius 2 is 2.29 bits per heavy atom. The first kappa shape index (κ1) is 11.7. The smallest absolute Gasteiger partial charge is 0.324 e. The van der Waals surface area contributed by atoms with E-state index in [0.717, 1.165) is 0 Å². The van der Waals surface area contributed by atoms with E-state index in [9.17, 15) is 13.2 Å². The third-order valence-corrected chi connectivity index (χ3v) is 5.55. The number of hydrogen-bond acceptors (Lipinski definition) is 5. The second kappa shape index (κ2) is 3.57. The standard InChI is InChI=1S/C9H12ClNO5S/c1-3(10)9(12)16-7-4-2-5-8(15-4)6(7)11-17(5,13)14/h3-8,11H,2H2,1H3. The van der Waals surface area contributed by atoms with E-state index in [2.05, 4.69) is 4.72 Å². The van der Waals surface area contributed by atoms with Crippen LogP contribution in [0.4, 0.5) is 0 Å². The molecule has 0 radical (unpaired) electrons. The third-order valence-electron chi connectivity index (χ3n) is 3.51. The highest BCUT2D eigenvalue weighted by Crippen LogP contribution is 2.44. The monoisotopic (exact) mass is 281 g/mol. The lowest BCUT2D eigenvalue weighted by Gasteiger charge is -2.23. The number of esters is 1. The molecule has 3 aliphatic rings. The zero-order valence-electron chi connectivity index (χ0n) is 9.00. The van der Waals surface area contributed by atoms with Gasteiger partial charge in [0.1, 0.15) is 16.7 Å². The van der Waals surface area contributed by atoms with E-state index < -0.39 is 44.9 Å². The molecule has 1 N–H and O–H groups in total. The molecule has 0 saturated carbocycles. The van der Waals surface area contributed by atoms with Crippen LogP contribution in [0.3, 0.4) is 0 Å². The molecule has 0 aromatic carbocycles. The van der Waals surface area contributed by atoms with E-state index in [1.807, 2.05) is 0 Å². The van der Waals surface area contributed by atoms with Gasteiger partial charge in [0, 0.05) is 0 Å². The van der Waals surface area contributed by atoms with Crippen molar-refractivity contribution >= 4 is 27.6 Å². The Bertz CT molecular complexity index is 464. The Balaban J connectivity index is 1.81. The average molecular weight is 282 g/mol. The quantitative estimate of drug-likeness (QED) is 0.538. The van der Waals surface area contributed by atoms with Gasteiger partial charge in [0.25, 0.3) is 0 Å². The number of hydrogen-bond donors (Lipinski definition) is 1. The van der Waals surface area contributed by atoms with Crippen molar-refractivity contribution in [1.29, 1.82) is 0 Å². The first-order valence-corrected chi connectivity index (χ1v) is 7.39. The van der Waals surface area contributed by atoms with Crippen LogP contribution in [0.5, 0.6) is 0 Å². The van der Waals surface area contributed by atoms with Gasteiger partial charge in [-0.1, -0.05) is 0 Å². The summed E-state index contributed by atoms with van der Waals surface area (Å²) >= 11 is 5.61. The Labute approximate surface area is 104 Å². The average Bonchev–Trinajstić information content (AvgIpc) is 2.81. The van der Waals surface area contributed by atoms with Crippen LogP contribution in [0.15, 0.2) is 0 Å². The number of ether oxygens (including phenoxy) is 2. The minimum absolute atomic E-state index is 0.334. The summed E-state index contributed by atoms with van der Waals surface area (Å²) in [6, 6.07) is -0.455. The number of fused-ring (bicyclic) bond motifs is 1. The van der Waals surface area contributed by atoms with Crippen molar-refractivity contribution in [3.63, 3.8) is 0 Å². The summed E-state index contributed by atoms with van der Waals surface area (Å²) in [5.41, 5.74) is 0. The summed E-state index contributed by atoms with van der Waals surface area (Å²) in [5.74, 6) is -0.546. The molecule has 6 atom stereocenters. The van der Waals surface area contributed by atoms with Crippen molar-refractivity contribution in [3.8, 4) is 0 Å². The molecule has 0 amide bonds. The molecule has 6 nitrogen and oxygen atoms in total. The van der Waals surface area contributed by atoms with Gasteiger partial charge < -0.3 is 9.47 Å². The maximum absolute atomic E-state index is 11.7. The van der Waals surface area contributed by atoms with Gasteiger partial charge in [0.2, 0.25) is 10.0 Å². The SMILES string of the molecule is CC(Cl)C(=O)OC1C2CC3C(O2)C1NS3(=O)=O. The highest BCUT2D eigenvalue weighted by atomic mass is 35.5. The molecule has 3 rings (SSSR count). The van der Waals surface area contributed by atoms with Crippen molar-refractivity contribution in [2.45, 2.75) is 48.3 Å². The maximum Gasteiger partial charge on any atom is 0.324 e. The Kier molecular flexibility index (Phi) is 2.46. The normalized spacial score (nSPS) is 47.1. The Morgan fingerprint density at radius 1 is 1.59 bits per heavy atom. The number of carbonyl (C=O) groups excluding carboxylic acids is 1. The van der Waals surface area contributed by atoms with Crippen LogP contribution in [-0.2, 0) is 24.3 Å². The molecule has 3 fully saturated rings. The summed E-state index contributed by atoms with van der Waals surface area (Å²) in [5, 5.41) is -1.25. The van der Waals surface area contributed by atoms with Crippen LogP contribution < -0.4 is 4.72 Å². The Morgan fingerprint density at radius 3 is 2.94 bits per heavy atom. The predicted octanol–water partition coefficient (Wildman–Crippen LogP) is -0.633. The molecule has 17 heavy (non-hydrogen) atoms. The number of alkyl halides is 1. The third kappa shape index (κ3) is 1.60. The molecular formula is C9H12ClNO5S. The Hall–Kier alpha value is -0.370. The highest BCUT2D eigenvalue weighted by Gasteiger charge is 2.65. The van der Waals surface area contributed by atoms with E-state index in [4.69, 9.17) is 21.1 Å². The van der Waals surface area contributed by atoms with E-state index in [-0.39, 0.29) is 6.10 Å². The number of halogens is 1. The molecule has 96 valence electrons. The molecule has 2 bridgehead atoms. The fourth-order valence-corrected chi connectivity index (χ4v) is 4.65. The van der Waals surface area contributed by atoms with E-state index in [1.54, 1.807) is 0 Å². The molecule has 8 heteroatoms. The minimum Gasteiger partial charge on any atom is -0.457 e. The van der Waals surface area contributed by atoms with Crippen molar-refractivity contribution in [3.05, 3.63) is 0 Å². The zero-order chi connectivity index (χ0) is 12.4. The van der Waals surface area contributed by atoms with Crippen molar-refractivity contribution in [2.75, 3.05) is 0 Å². The molecule has 6 unspecified atom stereocenters. The number of nitrogens with one attached hydrogen (secondary N) is 1. The van der Waals surface area contributed by atoms with Gasteiger partial charge in [0.15, 0.2) is 0 Å². The first-order valence-electron chi connectivity index (χ1n) is 5.41. The second-order valence-corrected chi connectivity index (χ2v) is 7.21. The molecule has 3 aliphatic heterocycles. The molecule has 3 heterocycles. The molecule has 0 aromatic heterocycles. The van der Waals surface area contributed by atoms with Crippen molar-refractivity contribution in [1.82, 2.24) is 4.72 Å². The topological polar surface area (TPSA) is 81.7 Å². The fourth-order valence-electron chi connectivity index (χ4n) is 2.75. The molecule has 0 aliphatic carbocycles. The maximum atomic E-state index is 11.7. The van der Waals surface area contributed by atoms with E-state index in [1.165, 1.54) is 6.92 Å². The van der Waals surface area contributed by atoms with Crippen LogP contribution >= 0.6 is 11.6 Å². The first-order chi connectivity index (χ1) is 7.90. The van der Waals surface area contributed by atoms with Crippen LogP contribution in [0, 0.1) is 0 Å². The lowest BCUT2D eigenvalue weighted by molar-refractivity contribution is -0.151. The molecule has 0 aromatic rings. The van der Waals surface area contributed by atoms with Crippen LogP contribution in [-0.4, -0.2) is 49.4 Å². The highest BCUT2D eigenvalue weighted by molar-refractivity contribution is 7.90. The minimum atomic E-state index is -3.32. The van der Waals surface area contributed by atoms with Gasteiger partial charge in [-0.3, -0.25) is 4.79 Å². The zero-order valence-corrected chi connectivity index (χ0v) is 10.6. The molecule has 3 saturated heterocycles. The number of carbonyl (C=O) groups is 1. The van der Waals surface area contributed by atoms with Gasteiger partial charge in [-0.05, 0) is 13.3 Å². The lowest BCUT2D eigenvalue weighted by Crippen LogP contribution is -2.45. The van der Waals surface area contributed by atoms with Gasteiger partial charge in [-0.25, -0.2) is 13.1 Å². The summed E-state index contributed by atoms with van der Waals surface area (Å²) in [6.07, 6.45) is -0.903. The van der Waals surface area contributed by atoms with Gasteiger partial charge in [-0.2, -0.15) is 0 Å². The molecule has 0 spiro atoms. The lowest BCUT2D eigenvalue weighted by atomic mass is 9.93. The predicted molar refractivity (Wildman–Crippen MR) is 58.1 cm³/mol. The van der Waals surface area contributed by atoms with E-state index in [0.29, 0.717) is 6.42 Å². The summed E-state index contributed by atoms with van der Waals surface area (Å²) in [7, 11) is -3.32. The van der Waals surface area contributed by atoms with Crippen molar-refractivity contribution < 1.29 is 22.7 Å². The van der Waals surface area contributed by atoms with Crippen LogP contribution in [0.25, 0.3) is 0 Å². The largest absolute Gasteiger partial charge is 0.457 e. The fraction of sp³-hybridized carbons (Fsp3) is 0.889. The van der Waals surface area contributed by atoms with Gasteiger partial charge in [0.05, 0.1) is 18.2 Å².